The summed E-state index contributed by atoms with van der Waals surface area (Å²) < 4.78 is 0. The van der Waals surface area contributed by atoms with Crippen molar-refractivity contribution in [3.05, 3.63) is 35.9 Å². The molecule has 1 heterocycles. The molecule has 3 rings (SSSR count). The van der Waals surface area contributed by atoms with E-state index in [1.54, 1.807) is 0 Å². The average Bonchev–Trinajstić information content (AvgIpc) is 3.35. The van der Waals surface area contributed by atoms with Gasteiger partial charge in [0.25, 0.3) is 5.91 Å². The summed E-state index contributed by atoms with van der Waals surface area (Å²) in [4.78, 5) is 28.8. The zero-order valence-corrected chi connectivity index (χ0v) is 14.7. The number of piperazine rings is 1. The van der Waals surface area contributed by atoms with Crippen LogP contribution in [0, 0.1) is 5.92 Å². The van der Waals surface area contributed by atoms with E-state index in [-0.39, 0.29) is 23.3 Å². The zero-order valence-electron chi connectivity index (χ0n) is 14.7. The van der Waals surface area contributed by atoms with Gasteiger partial charge in [0.1, 0.15) is 0 Å². The number of hydrogen-bond acceptors (Lipinski definition) is 2. The first-order valence-electron chi connectivity index (χ1n) is 8.69. The van der Waals surface area contributed by atoms with Crippen molar-refractivity contribution in [1.82, 2.24) is 9.80 Å². The SMILES string of the molecule is CC.CC(C)C(=O)N1CCN(C(=O)c2ccccc2)C2(CC2)C1. The first kappa shape index (κ1) is 17.5. The number of rotatable bonds is 2. The van der Waals surface area contributed by atoms with E-state index in [1.807, 2.05) is 67.8 Å². The van der Waals surface area contributed by atoms with Gasteiger partial charge in [0.05, 0.1) is 5.54 Å². The van der Waals surface area contributed by atoms with Gasteiger partial charge in [-0.3, -0.25) is 9.59 Å². The van der Waals surface area contributed by atoms with Crippen LogP contribution in [0.25, 0.3) is 0 Å². The second-order valence-corrected chi connectivity index (χ2v) is 6.46. The van der Waals surface area contributed by atoms with Crippen LogP contribution in [0.5, 0.6) is 0 Å². The molecule has 1 aromatic rings. The predicted octanol–water partition coefficient (Wildman–Crippen LogP) is 3.19. The lowest BCUT2D eigenvalue weighted by Crippen LogP contribution is -2.58. The Morgan fingerprint density at radius 1 is 1.04 bits per heavy atom. The van der Waals surface area contributed by atoms with Crippen LogP contribution in [0.15, 0.2) is 30.3 Å². The van der Waals surface area contributed by atoms with E-state index in [0.29, 0.717) is 19.6 Å². The largest absolute Gasteiger partial charge is 0.338 e. The second-order valence-electron chi connectivity index (χ2n) is 6.46. The van der Waals surface area contributed by atoms with Crippen molar-refractivity contribution in [2.24, 2.45) is 5.92 Å². The van der Waals surface area contributed by atoms with Crippen molar-refractivity contribution in [3.8, 4) is 0 Å². The highest BCUT2D eigenvalue weighted by atomic mass is 16.2. The van der Waals surface area contributed by atoms with Crippen LogP contribution in [-0.2, 0) is 4.79 Å². The van der Waals surface area contributed by atoms with Gasteiger partial charge < -0.3 is 9.80 Å². The van der Waals surface area contributed by atoms with E-state index < -0.39 is 0 Å². The lowest BCUT2D eigenvalue weighted by Gasteiger charge is -2.42. The summed E-state index contributed by atoms with van der Waals surface area (Å²) in [6.07, 6.45) is 2.01. The third kappa shape index (κ3) is 3.57. The molecule has 4 heteroatoms. The van der Waals surface area contributed by atoms with Gasteiger partial charge >= 0.3 is 0 Å². The number of carbonyl (C=O) groups is 2. The number of hydrogen-bond donors (Lipinski definition) is 0. The Labute approximate surface area is 139 Å². The Morgan fingerprint density at radius 2 is 1.65 bits per heavy atom. The minimum Gasteiger partial charge on any atom is -0.338 e. The molecule has 1 aromatic carbocycles. The Balaban J connectivity index is 0.000000924. The maximum absolute atomic E-state index is 12.7. The summed E-state index contributed by atoms with van der Waals surface area (Å²) in [5.74, 6) is 0.329. The normalized spacial score (nSPS) is 18.5. The van der Waals surface area contributed by atoms with Crippen molar-refractivity contribution in [3.63, 3.8) is 0 Å². The first-order chi connectivity index (χ1) is 11.0. The van der Waals surface area contributed by atoms with Gasteiger partial charge in [0.2, 0.25) is 5.91 Å². The zero-order chi connectivity index (χ0) is 17.0. The molecule has 4 nitrogen and oxygen atoms in total. The predicted molar refractivity (Wildman–Crippen MR) is 92.2 cm³/mol. The fourth-order valence-corrected chi connectivity index (χ4v) is 3.16. The molecule has 23 heavy (non-hydrogen) atoms. The molecule has 1 aliphatic carbocycles. The van der Waals surface area contributed by atoms with Crippen molar-refractivity contribution in [2.75, 3.05) is 19.6 Å². The lowest BCUT2D eigenvalue weighted by molar-refractivity contribution is -0.137. The second kappa shape index (κ2) is 7.16. The molecule has 1 spiro atoms. The topological polar surface area (TPSA) is 40.6 Å². The standard InChI is InChI=1S/C17H22N2O2.C2H6/c1-13(2)15(20)18-10-11-19(17(12-18)8-9-17)16(21)14-6-4-3-5-7-14;1-2/h3-7,13H,8-12H2,1-2H3;1-2H3. The molecule has 2 aliphatic rings. The van der Waals surface area contributed by atoms with Crippen LogP contribution in [0.1, 0.15) is 50.9 Å². The highest BCUT2D eigenvalue weighted by Crippen LogP contribution is 2.45. The molecular weight excluding hydrogens is 288 g/mol. The highest BCUT2D eigenvalue weighted by molar-refractivity contribution is 5.95. The minimum absolute atomic E-state index is 0.0252. The molecule has 0 aromatic heterocycles. The third-order valence-corrected chi connectivity index (χ3v) is 4.55. The molecule has 1 saturated heterocycles. The Hall–Kier alpha value is -1.84. The smallest absolute Gasteiger partial charge is 0.254 e. The van der Waals surface area contributed by atoms with Gasteiger partial charge in [0.15, 0.2) is 0 Å². The van der Waals surface area contributed by atoms with Crippen molar-refractivity contribution in [2.45, 2.75) is 46.1 Å². The van der Waals surface area contributed by atoms with E-state index in [9.17, 15) is 9.59 Å². The molecular formula is C19H28N2O2. The highest BCUT2D eigenvalue weighted by Gasteiger charge is 2.54. The van der Waals surface area contributed by atoms with Crippen LogP contribution in [0.4, 0.5) is 0 Å². The summed E-state index contributed by atoms with van der Waals surface area (Å²) in [5.41, 5.74) is 0.642. The van der Waals surface area contributed by atoms with Gasteiger partial charge in [-0.15, -0.1) is 0 Å². The van der Waals surface area contributed by atoms with E-state index in [2.05, 4.69) is 0 Å². The summed E-state index contributed by atoms with van der Waals surface area (Å²) in [6, 6.07) is 9.44. The van der Waals surface area contributed by atoms with Crippen molar-refractivity contribution < 1.29 is 9.59 Å². The van der Waals surface area contributed by atoms with Crippen LogP contribution < -0.4 is 0 Å². The molecule has 0 atom stereocenters. The molecule has 0 bridgehead atoms. The summed E-state index contributed by atoms with van der Waals surface area (Å²) in [7, 11) is 0. The van der Waals surface area contributed by atoms with Gasteiger partial charge in [-0.1, -0.05) is 45.9 Å². The number of nitrogens with zero attached hydrogens (tertiary/aromatic N) is 2. The number of amides is 2. The van der Waals surface area contributed by atoms with E-state index in [4.69, 9.17) is 0 Å². The molecule has 0 radical (unpaired) electrons. The monoisotopic (exact) mass is 316 g/mol. The van der Waals surface area contributed by atoms with E-state index >= 15 is 0 Å². The van der Waals surface area contributed by atoms with Gasteiger partial charge in [-0.05, 0) is 25.0 Å². The Bertz CT molecular complexity index is 550. The Kier molecular flexibility index (Phi) is 5.45. The van der Waals surface area contributed by atoms with Crippen LogP contribution >= 0.6 is 0 Å². The molecule has 2 fully saturated rings. The van der Waals surface area contributed by atoms with E-state index in [1.165, 1.54) is 0 Å². The van der Waals surface area contributed by atoms with E-state index in [0.717, 1.165) is 18.4 Å². The van der Waals surface area contributed by atoms with Crippen LogP contribution in [-0.4, -0.2) is 46.8 Å². The van der Waals surface area contributed by atoms with Gasteiger partial charge in [0, 0.05) is 31.1 Å². The number of benzene rings is 1. The molecule has 126 valence electrons. The lowest BCUT2D eigenvalue weighted by atomic mass is 10.1. The average molecular weight is 316 g/mol. The Morgan fingerprint density at radius 3 is 2.17 bits per heavy atom. The summed E-state index contributed by atoms with van der Waals surface area (Å²) >= 11 is 0. The molecule has 0 unspecified atom stereocenters. The minimum atomic E-state index is -0.101. The molecule has 1 saturated carbocycles. The van der Waals surface area contributed by atoms with Crippen molar-refractivity contribution >= 4 is 11.8 Å². The molecule has 1 aliphatic heterocycles. The van der Waals surface area contributed by atoms with Crippen LogP contribution in [0.3, 0.4) is 0 Å². The quantitative estimate of drug-likeness (QED) is 0.841. The van der Waals surface area contributed by atoms with Gasteiger partial charge in [-0.25, -0.2) is 0 Å². The molecule has 2 amide bonds. The fourth-order valence-electron chi connectivity index (χ4n) is 3.16. The maximum atomic E-state index is 12.7. The first-order valence-corrected chi connectivity index (χ1v) is 8.69. The maximum Gasteiger partial charge on any atom is 0.254 e. The third-order valence-electron chi connectivity index (χ3n) is 4.55. The fraction of sp³-hybridized carbons (Fsp3) is 0.579. The van der Waals surface area contributed by atoms with Crippen LogP contribution in [0.2, 0.25) is 0 Å². The molecule has 0 N–H and O–H groups in total. The summed E-state index contributed by atoms with van der Waals surface area (Å²) in [6.45, 7) is 9.86. The number of carbonyl (C=O) groups excluding carboxylic acids is 2. The summed E-state index contributed by atoms with van der Waals surface area (Å²) in [5, 5.41) is 0. The van der Waals surface area contributed by atoms with Gasteiger partial charge in [-0.2, -0.15) is 0 Å². The van der Waals surface area contributed by atoms with Crippen molar-refractivity contribution in [1.29, 1.82) is 0 Å².